The van der Waals surface area contributed by atoms with Gasteiger partial charge in [0.25, 0.3) is 0 Å². The first-order valence-corrected chi connectivity index (χ1v) is 5.35. The monoisotopic (exact) mass is 181 g/mol. The molecule has 0 aromatic heterocycles. The first-order valence-electron chi connectivity index (χ1n) is 5.35. The van der Waals surface area contributed by atoms with Crippen LogP contribution in [0.25, 0.3) is 0 Å². The molecule has 2 aliphatic rings. The van der Waals surface area contributed by atoms with Crippen LogP contribution >= 0.6 is 0 Å². The Morgan fingerprint density at radius 3 is 2.31 bits per heavy atom. The molecule has 0 saturated heterocycles. The van der Waals surface area contributed by atoms with Crippen molar-refractivity contribution >= 4 is 0 Å². The van der Waals surface area contributed by atoms with E-state index in [4.69, 9.17) is 0 Å². The lowest BCUT2D eigenvalue weighted by Crippen LogP contribution is -2.44. The molecule has 2 aliphatic carbocycles. The van der Waals surface area contributed by atoms with Crippen molar-refractivity contribution in [2.45, 2.75) is 52.5 Å². The fourth-order valence-corrected chi connectivity index (χ4v) is 3.00. The Kier molecular flexibility index (Phi) is 1.80. The molecule has 2 fully saturated rings. The normalized spacial score (nSPS) is 40.2. The molecule has 0 aromatic carbocycles. The maximum absolute atomic E-state index is 10.9. The second kappa shape index (κ2) is 2.55. The van der Waals surface area contributed by atoms with Gasteiger partial charge in [0.2, 0.25) is 0 Å². The lowest BCUT2D eigenvalue weighted by molar-refractivity contribution is 0.0628. The summed E-state index contributed by atoms with van der Waals surface area (Å²) in [6, 6.07) is 0.0729. The van der Waals surface area contributed by atoms with Crippen molar-refractivity contribution in [1.82, 2.24) is 0 Å². The highest BCUT2D eigenvalue weighted by molar-refractivity contribution is 5.11. The lowest BCUT2D eigenvalue weighted by Gasteiger charge is -2.45. The Labute approximate surface area is 80.1 Å². The molecule has 2 nitrogen and oxygen atoms in total. The summed E-state index contributed by atoms with van der Waals surface area (Å²) >= 11 is 0. The molecule has 0 aromatic rings. The van der Waals surface area contributed by atoms with Crippen molar-refractivity contribution in [3.63, 3.8) is 0 Å². The zero-order valence-corrected chi connectivity index (χ0v) is 8.84. The van der Waals surface area contributed by atoms with Gasteiger partial charge in [-0.3, -0.25) is 0 Å². The van der Waals surface area contributed by atoms with E-state index < -0.39 is 0 Å². The molecule has 13 heavy (non-hydrogen) atoms. The number of hydrogen-bond donors (Lipinski definition) is 0. The van der Waals surface area contributed by atoms with Gasteiger partial charge in [0, 0.05) is 0 Å². The molecule has 2 unspecified atom stereocenters. The van der Waals surface area contributed by atoms with Crippen LogP contribution in [0.4, 0.5) is 0 Å². The van der Waals surface area contributed by atoms with Gasteiger partial charge in [-0.05, 0) is 42.4 Å². The topological polar surface area (TPSA) is 29.4 Å². The summed E-state index contributed by atoms with van der Waals surface area (Å²) in [7, 11) is 0. The van der Waals surface area contributed by atoms with E-state index in [0.717, 1.165) is 0 Å². The Bertz CT molecular complexity index is 230. The first-order chi connectivity index (χ1) is 6.03. The molecule has 0 heterocycles. The van der Waals surface area contributed by atoms with Crippen LogP contribution in [0.3, 0.4) is 0 Å². The number of nitroso groups, excluding NO2 is 1. The van der Waals surface area contributed by atoms with E-state index in [1.165, 1.54) is 25.7 Å². The standard InChI is InChI=1S/C11H19NO/c1-8-4-5-11(6-7-11)9(12-13)10(8,2)3/h8-9H,4-7H2,1-3H3. The molecule has 0 bridgehead atoms. The molecule has 0 N–H and O–H groups in total. The summed E-state index contributed by atoms with van der Waals surface area (Å²) in [6.45, 7) is 6.68. The maximum atomic E-state index is 10.9. The van der Waals surface area contributed by atoms with E-state index >= 15 is 0 Å². The second-order valence-corrected chi connectivity index (χ2v) is 5.63. The van der Waals surface area contributed by atoms with Crippen LogP contribution in [0.15, 0.2) is 5.18 Å². The number of rotatable bonds is 1. The Morgan fingerprint density at radius 2 is 1.85 bits per heavy atom. The van der Waals surface area contributed by atoms with Crippen LogP contribution in [0.2, 0.25) is 0 Å². The van der Waals surface area contributed by atoms with E-state index in [1.807, 2.05) is 0 Å². The van der Waals surface area contributed by atoms with E-state index in [-0.39, 0.29) is 11.5 Å². The van der Waals surface area contributed by atoms with Crippen molar-refractivity contribution in [1.29, 1.82) is 0 Å². The highest BCUT2D eigenvalue weighted by Crippen LogP contribution is 2.63. The fourth-order valence-electron chi connectivity index (χ4n) is 3.00. The predicted molar refractivity (Wildman–Crippen MR) is 53.4 cm³/mol. The van der Waals surface area contributed by atoms with Gasteiger partial charge < -0.3 is 0 Å². The molecular formula is C11H19NO. The van der Waals surface area contributed by atoms with Gasteiger partial charge in [0.1, 0.15) is 6.04 Å². The minimum Gasteiger partial charge on any atom is -0.150 e. The molecule has 1 spiro atoms. The van der Waals surface area contributed by atoms with Gasteiger partial charge in [-0.15, -0.1) is 0 Å². The smallest absolute Gasteiger partial charge is 0.103 e. The Morgan fingerprint density at radius 1 is 1.23 bits per heavy atom. The molecule has 0 radical (unpaired) electrons. The van der Waals surface area contributed by atoms with Crippen LogP contribution < -0.4 is 0 Å². The third-order valence-electron chi connectivity index (χ3n) is 4.63. The van der Waals surface area contributed by atoms with Gasteiger partial charge in [0.05, 0.1) is 0 Å². The molecule has 2 atom stereocenters. The van der Waals surface area contributed by atoms with E-state index in [0.29, 0.717) is 11.3 Å². The van der Waals surface area contributed by atoms with Crippen molar-refractivity contribution in [2.24, 2.45) is 21.9 Å². The van der Waals surface area contributed by atoms with Gasteiger partial charge in [0.15, 0.2) is 0 Å². The summed E-state index contributed by atoms with van der Waals surface area (Å²) in [6.07, 6.45) is 4.98. The van der Waals surface area contributed by atoms with Gasteiger partial charge in [-0.2, -0.15) is 4.91 Å². The summed E-state index contributed by atoms with van der Waals surface area (Å²) in [4.78, 5) is 10.9. The molecule has 2 saturated carbocycles. The van der Waals surface area contributed by atoms with Crippen LogP contribution in [-0.2, 0) is 0 Å². The van der Waals surface area contributed by atoms with E-state index in [1.54, 1.807) is 0 Å². The Balaban J connectivity index is 2.27. The molecule has 74 valence electrons. The second-order valence-electron chi connectivity index (χ2n) is 5.63. The highest BCUT2D eigenvalue weighted by Gasteiger charge is 2.59. The highest BCUT2D eigenvalue weighted by atomic mass is 16.3. The number of nitrogens with zero attached hydrogens (tertiary/aromatic N) is 1. The van der Waals surface area contributed by atoms with Gasteiger partial charge in [-0.1, -0.05) is 25.9 Å². The molecular weight excluding hydrogens is 162 g/mol. The van der Waals surface area contributed by atoms with E-state index in [9.17, 15) is 4.91 Å². The zero-order chi connectivity index (χ0) is 9.69. The van der Waals surface area contributed by atoms with Crippen molar-refractivity contribution in [3.8, 4) is 0 Å². The van der Waals surface area contributed by atoms with E-state index in [2.05, 4.69) is 25.9 Å². The summed E-state index contributed by atoms with van der Waals surface area (Å²) in [5, 5.41) is 3.42. The average Bonchev–Trinajstić information content (AvgIpc) is 2.80. The van der Waals surface area contributed by atoms with Crippen molar-refractivity contribution < 1.29 is 0 Å². The first kappa shape index (κ1) is 9.17. The Hall–Kier alpha value is -0.400. The average molecular weight is 181 g/mol. The minimum absolute atomic E-state index is 0.0729. The quantitative estimate of drug-likeness (QED) is 0.570. The van der Waals surface area contributed by atoms with Gasteiger partial charge >= 0.3 is 0 Å². The lowest BCUT2D eigenvalue weighted by atomic mass is 9.61. The fraction of sp³-hybridized carbons (Fsp3) is 1.00. The largest absolute Gasteiger partial charge is 0.150 e. The van der Waals surface area contributed by atoms with Crippen LogP contribution in [-0.4, -0.2) is 6.04 Å². The number of hydrogen-bond acceptors (Lipinski definition) is 2. The summed E-state index contributed by atoms with van der Waals surface area (Å²) < 4.78 is 0. The summed E-state index contributed by atoms with van der Waals surface area (Å²) in [5.41, 5.74) is 0.453. The van der Waals surface area contributed by atoms with Crippen LogP contribution in [0.5, 0.6) is 0 Å². The van der Waals surface area contributed by atoms with Crippen LogP contribution in [0, 0.1) is 21.7 Å². The molecule has 2 heteroatoms. The molecule has 2 rings (SSSR count). The molecule has 0 amide bonds. The van der Waals surface area contributed by atoms with Crippen molar-refractivity contribution in [2.75, 3.05) is 0 Å². The zero-order valence-electron chi connectivity index (χ0n) is 8.84. The third kappa shape index (κ3) is 1.14. The SMILES string of the molecule is CC1CCC2(CC2)C(N=O)C1(C)C. The summed E-state index contributed by atoms with van der Waals surface area (Å²) in [5.74, 6) is 0.640. The maximum Gasteiger partial charge on any atom is 0.103 e. The minimum atomic E-state index is 0.0729. The molecule has 0 aliphatic heterocycles. The third-order valence-corrected chi connectivity index (χ3v) is 4.63. The van der Waals surface area contributed by atoms with Crippen molar-refractivity contribution in [3.05, 3.63) is 4.91 Å². The van der Waals surface area contributed by atoms with Gasteiger partial charge in [-0.25, -0.2) is 0 Å². The predicted octanol–water partition coefficient (Wildman–Crippen LogP) is 3.36. The van der Waals surface area contributed by atoms with Crippen LogP contribution in [0.1, 0.15) is 46.5 Å².